The normalized spacial score (nSPS) is 16.7. The molecule has 1 rings (SSSR count). The van der Waals surface area contributed by atoms with Gasteiger partial charge in [0.15, 0.2) is 5.96 Å². The number of hydrogen-bond acceptors (Lipinski definition) is 2. The molecule has 1 saturated heterocycles. The summed E-state index contributed by atoms with van der Waals surface area (Å²) in [5, 5.41) is 3.11. The summed E-state index contributed by atoms with van der Waals surface area (Å²) in [4.78, 5) is 6.31. The second kappa shape index (κ2) is 9.11. The van der Waals surface area contributed by atoms with Gasteiger partial charge in [0, 0.05) is 25.4 Å². The first-order valence-electron chi connectivity index (χ1n) is 5.77. The molecule has 1 aliphatic heterocycles. The standard InChI is InChI=1S/C10H18F3N3S.HI/c1-2-14-9(16-6-3-4-7-16)15-5-8-17-10(11,12)13;/h2-8H2,1H3,(H,14,15);1H. The molecular weight excluding hydrogens is 378 g/mol. The van der Waals surface area contributed by atoms with Gasteiger partial charge in [-0.25, -0.2) is 0 Å². The van der Waals surface area contributed by atoms with Crippen molar-refractivity contribution in [1.82, 2.24) is 10.2 Å². The third kappa shape index (κ3) is 7.55. The number of hydrogen-bond donors (Lipinski definition) is 1. The second-order valence-electron chi connectivity index (χ2n) is 3.72. The predicted molar refractivity (Wildman–Crippen MR) is 80.7 cm³/mol. The maximum Gasteiger partial charge on any atom is 0.441 e. The number of guanidine groups is 1. The molecule has 108 valence electrons. The van der Waals surface area contributed by atoms with Crippen LogP contribution in [0, 0.1) is 0 Å². The van der Waals surface area contributed by atoms with Crippen molar-refractivity contribution in [2.75, 3.05) is 31.9 Å². The van der Waals surface area contributed by atoms with Crippen molar-refractivity contribution in [3.8, 4) is 0 Å². The molecule has 0 aliphatic carbocycles. The van der Waals surface area contributed by atoms with Gasteiger partial charge in [0.05, 0.1) is 6.54 Å². The molecule has 0 spiro atoms. The van der Waals surface area contributed by atoms with Crippen molar-refractivity contribution in [2.45, 2.75) is 25.3 Å². The number of aliphatic imine (C=N–C) groups is 1. The van der Waals surface area contributed by atoms with Crippen molar-refractivity contribution >= 4 is 41.7 Å². The van der Waals surface area contributed by atoms with Gasteiger partial charge in [0.2, 0.25) is 0 Å². The van der Waals surface area contributed by atoms with Gasteiger partial charge >= 0.3 is 5.51 Å². The van der Waals surface area contributed by atoms with Crippen molar-refractivity contribution < 1.29 is 13.2 Å². The van der Waals surface area contributed by atoms with Crippen LogP contribution < -0.4 is 5.32 Å². The Kier molecular flexibility index (Phi) is 9.18. The summed E-state index contributed by atoms with van der Waals surface area (Å²) in [6.07, 6.45) is 2.25. The van der Waals surface area contributed by atoms with Crippen molar-refractivity contribution in [3.63, 3.8) is 0 Å². The summed E-state index contributed by atoms with van der Waals surface area (Å²) < 4.78 is 35.8. The highest BCUT2D eigenvalue weighted by atomic mass is 127. The Hall–Kier alpha value is 0.140. The highest BCUT2D eigenvalue weighted by Crippen LogP contribution is 2.29. The molecule has 1 aliphatic rings. The van der Waals surface area contributed by atoms with Crippen LogP contribution in [0.15, 0.2) is 4.99 Å². The van der Waals surface area contributed by atoms with Crippen molar-refractivity contribution in [2.24, 2.45) is 4.99 Å². The first-order valence-corrected chi connectivity index (χ1v) is 6.75. The van der Waals surface area contributed by atoms with Gasteiger partial charge < -0.3 is 10.2 Å². The monoisotopic (exact) mass is 397 g/mol. The van der Waals surface area contributed by atoms with Gasteiger partial charge in [-0.2, -0.15) is 13.2 Å². The smallest absolute Gasteiger partial charge is 0.357 e. The molecule has 0 atom stereocenters. The molecule has 1 N–H and O–H groups in total. The van der Waals surface area contributed by atoms with E-state index in [1.54, 1.807) is 0 Å². The molecule has 1 heterocycles. The van der Waals surface area contributed by atoms with Crippen molar-refractivity contribution in [1.29, 1.82) is 0 Å². The van der Waals surface area contributed by atoms with Crippen LogP contribution in [0.3, 0.4) is 0 Å². The Bertz CT molecular complexity index is 255. The van der Waals surface area contributed by atoms with Gasteiger partial charge in [-0.3, -0.25) is 4.99 Å². The van der Waals surface area contributed by atoms with Crippen LogP contribution in [0.25, 0.3) is 0 Å². The molecule has 0 bridgehead atoms. The second-order valence-corrected chi connectivity index (χ2v) is 4.88. The lowest BCUT2D eigenvalue weighted by Crippen LogP contribution is -2.39. The van der Waals surface area contributed by atoms with Gasteiger partial charge in [0.1, 0.15) is 0 Å². The first-order chi connectivity index (χ1) is 8.03. The number of nitrogens with one attached hydrogen (secondary N) is 1. The van der Waals surface area contributed by atoms with Gasteiger partial charge in [0.25, 0.3) is 0 Å². The zero-order chi connectivity index (χ0) is 12.7. The van der Waals surface area contributed by atoms with E-state index in [9.17, 15) is 13.2 Å². The Balaban J connectivity index is 0.00000289. The van der Waals surface area contributed by atoms with E-state index in [1.807, 2.05) is 6.92 Å². The zero-order valence-electron chi connectivity index (χ0n) is 10.3. The molecule has 8 heteroatoms. The number of thioether (sulfide) groups is 1. The molecule has 0 aromatic carbocycles. The molecule has 0 aromatic rings. The Labute approximate surface area is 127 Å². The predicted octanol–water partition coefficient (Wildman–Crippen LogP) is 2.92. The summed E-state index contributed by atoms with van der Waals surface area (Å²) in [7, 11) is 0. The lowest BCUT2D eigenvalue weighted by Gasteiger charge is -2.20. The molecule has 0 amide bonds. The third-order valence-electron chi connectivity index (χ3n) is 2.36. The number of halogens is 4. The minimum atomic E-state index is -4.15. The van der Waals surface area contributed by atoms with E-state index in [1.165, 1.54) is 0 Å². The highest BCUT2D eigenvalue weighted by Gasteiger charge is 2.27. The van der Waals surface area contributed by atoms with E-state index in [-0.39, 0.29) is 48.0 Å². The number of likely N-dealkylation sites (tertiary alicyclic amines) is 1. The molecule has 3 nitrogen and oxygen atoms in total. The summed E-state index contributed by atoms with van der Waals surface area (Å²) in [5.74, 6) is 0.722. The average Bonchev–Trinajstić information content (AvgIpc) is 2.74. The third-order valence-corrected chi connectivity index (χ3v) is 3.07. The maximum atomic E-state index is 11.9. The zero-order valence-corrected chi connectivity index (χ0v) is 13.4. The Morgan fingerprint density at radius 2 is 1.94 bits per heavy atom. The van der Waals surface area contributed by atoms with Crippen LogP contribution in [0.5, 0.6) is 0 Å². The summed E-state index contributed by atoms with van der Waals surface area (Å²) in [6.45, 7) is 4.78. The highest BCUT2D eigenvalue weighted by molar-refractivity contribution is 14.0. The van der Waals surface area contributed by atoms with E-state index in [0.717, 1.165) is 38.4 Å². The fraction of sp³-hybridized carbons (Fsp3) is 0.900. The van der Waals surface area contributed by atoms with Crippen LogP contribution in [0.1, 0.15) is 19.8 Å². The van der Waals surface area contributed by atoms with E-state index in [4.69, 9.17) is 0 Å². The summed E-state index contributed by atoms with van der Waals surface area (Å²) >= 11 is -0.0172. The molecule has 0 unspecified atom stereocenters. The molecule has 0 saturated carbocycles. The minimum Gasteiger partial charge on any atom is -0.357 e. The molecule has 1 fully saturated rings. The fourth-order valence-electron chi connectivity index (χ4n) is 1.67. The lowest BCUT2D eigenvalue weighted by atomic mass is 10.4. The summed E-state index contributed by atoms with van der Waals surface area (Å²) in [6, 6.07) is 0. The largest absolute Gasteiger partial charge is 0.441 e. The quantitative estimate of drug-likeness (QED) is 0.342. The lowest BCUT2D eigenvalue weighted by molar-refractivity contribution is -0.0327. The molecule has 18 heavy (non-hydrogen) atoms. The average molecular weight is 397 g/mol. The molecule has 0 radical (unpaired) electrons. The van der Waals surface area contributed by atoms with E-state index in [2.05, 4.69) is 15.2 Å². The molecule has 0 aromatic heterocycles. The minimum absolute atomic E-state index is 0. The topological polar surface area (TPSA) is 27.6 Å². The van der Waals surface area contributed by atoms with Gasteiger partial charge in [-0.1, -0.05) is 0 Å². The van der Waals surface area contributed by atoms with Crippen LogP contribution in [-0.2, 0) is 0 Å². The van der Waals surface area contributed by atoms with Crippen LogP contribution >= 0.6 is 35.7 Å². The maximum absolute atomic E-state index is 11.9. The summed E-state index contributed by atoms with van der Waals surface area (Å²) in [5.41, 5.74) is -4.15. The molecular formula is C10H19F3IN3S. The van der Waals surface area contributed by atoms with Crippen LogP contribution in [-0.4, -0.2) is 48.3 Å². The number of alkyl halides is 3. The number of nitrogens with zero attached hydrogens (tertiary/aromatic N) is 2. The SMILES string of the molecule is CCNC(=NCCSC(F)(F)F)N1CCCC1.I. The Morgan fingerprint density at radius 1 is 1.33 bits per heavy atom. The van der Waals surface area contributed by atoms with Gasteiger partial charge in [-0.05, 0) is 31.5 Å². The van der Waals surface area contributed by atoms with E-state index >= 15 is 0 Å². The Morgan fingerprint density at radius 3 is 2.44 bits per heavy atom. The van der Waals surface area contributed by atoms with Crippen LogP contribution in [0.2, 0.25) is 0 Å². The fourth-order valence-corrected chi connectivity index (χ4v) is 2.08. The van der Waals surface area contributed by atoms with Crippen molar-refractivity contribution in [3.05, 3.63) is 0 Å². The van der Waals surface area contributed by atoms with Gasteiger partial charge in [-0.15, -0.1) is 24.0 Å². The number of rotatable bonds is 4. The van der Waals surface area contributed by atoms with Crippen LogP contribution in [0.4, 0.5) is 13.2 Å². The van der Waals surface area contributed by atoms with E-state index < -0.39 is 5.51 Å². The van der Waals surface area contributed by atoms with E-state index in [0.29, 0.717) is 0 Å². The first kappa shape index (κ1) is 18.1.